The molecule has 4 heteroatoms. The number of fused-ring (bicyclic) bond motifs is 2. The molecular formula is C10H18N2O2. The van der Waals surface area contributed by atoms with E-state index in [0.717, 1.165) is 19.4 Å². The molecule has 2 bridgehead atoms. The van der Waals surface area contributed by atoms with Gasteiger partial charge in [-0.2, -0.15) is 0 Å². The van der Waals surface area contributed by atoms with Gasteiger partial charge in [-0.1, -0.05) is 0 Å². The third-order valence-corrected chi connectivity index (χ3v) is 3.18. The van der Waals surface area contributed by atoms with Gasteiger partial charge in [0.2, 0.25) is 5.91 Å². The first-order chi connectivity index (χ1) is 6.66. The van der Waals surface area contributed by atoms with Crippen LogP contribution in [0.2, 0.25) is 0 Å². The molecule has 0 aromatic heterocycles. The molecule has 2 saturated heterocycles. The Labute approximate surface area is 84.2 Å². The van der Waals surface area contributed by atoms with Gasteiger partial charge >= 0.3 is 0 Å². The van der Waals surface area contributed by atoms with Crippen molar-refractivity contribution in [1.82, 2.24) is 5.32 Å². The third kappa shape index (κ3) is 1.91. The van der Waals surface area contributed by atoms with Crippen LogP contribution in [0, 0.1) is 5.92 Å². The lowest BCUT2D eigenvalue weighted by Gasteiger charge is -2.19. The zero-order chi connectivity index (χ0) is 10.1. The second-order valence-electron chi connectivity index (χ2n) is 4.40. The maximum Gasteiger partial charge on any atom is 0.236 e. The molecule has 2 rings (SSSR count). The van der Waals surface area contributed by atoms with Gasteiger partial charge in [0.05, 0.1) is 18.2 Å². The van der Waals surface area contributed by atoms with E-state index < -0.39 is 6.04 Å². The summed E-state index contributed by atoms with van der Waals surface area (Å²) in [5.41, 5.74) is 5.45. The summed E-state index contributed by atoms with van der Waals surface area (Å²) < 4.78 is 5.70. The molecule has 3 N–H and O–H groups in total. The van der Waals surface area contributed by atoms with Gasteiger partial charge in [0.15, 0.2) is 0 Å². The van der Waals surface area contributed by atoms with Crippen molar-refractivity contribution in [2.24, 2.45) is 11.7 Å². The van der Waals surface area contributed by atoms with Crippen LogP contribution in [-0.2, 0) is 9.53 Å². The van der Waals surface area contributed by atoms with E-state index in [9.17, 15) is 4.79 Å². The topological polar surface area (TPSA) is 64.4 Å². The first-order valence-electron chi connectivity index (χ1n) is 5.35. The summed E-state index contributed by atoms with van der Waals surface area (Å²) in [5, 5.41) is 2.86. The van der Waals surface area contributed by atoms with Crippen molar-refractivity contribution in [3.63, 3.8) is 0 Å². The lowest BCUT2D eigenvalue weighted by molar-refractivity contribution is -0.122. The highest BCUT2D eigenvalue weighted by molar-refractivity contribution is 5.80. The second kappa shape index (κ2) is 3.87. The summed E-state index contributed by atoms with van der Waals surface area (Å²) >= 11 is 0. The Morgan fingerprint density at radius 3 is 2.93 bits per heavy atom. The highest BCUT2D eigenvalue weighted by Crippen LogP contribution is 2.38. The van der Waals surface area contributed by atoms with E-state index in [4.69, 9.17) is 10.5 Å². The first-order valence-corrected chi connectivity index (χ1v) is 5.35. The lowest BCUT2D eigenvalue weighted by atomic mass is 9.89. The van der Waals surface area contributed by atoms with Crippen molar-refractivity contribution in [3.8, 4) is 0 Å². The maximum atomic E-state index is 11.2. The molecule has 1 amide bonds. The summed E-state index contributed by atoms with van der Waals surface area (Å²) in [4.78, 5) is 11.2. The minimum absolute atomic E-state index is 0.0622. The lowest BCUT2D eigenvalue weighted by Crippen LogP contribution is -2.41. The third-order valence-electron chi connectivity index (χ3n) is 3.18. The second-order valence-corrected chi connectivity index (χ2v) is 4.40. The fourth-order valence-electron chi connectivity index (χ4n) is 2.35. The first kappa shape index (κ1) is 9.93. The van der Waals surface area contributed by atoms with Crippen molar-refractivity contribution in [2.75, 3.05) is 6.54 Å². The Morgan fingerprint density at radius 2 is 2.43 bits per heavy atom. The van der Waals surface area contributed by atoms with Crippen LogP contribution in [0.25, 0.3) is 0 Å². The van der Waals surface area contributed by atoms with Gasteiger partial charge in [-0.3, -0.25) is 4.79 Å². The molecule has 0 radical (unpaired) electrons. The molecule has 2 aliphatic rings. The Hall–Kier alpha value is -0.610. The van der Waals surface area contributed by atoms with Crippen LogP contribution in [0.3, 0.4) is 0 Å². The van der Waals surface area contributed by atoms with Gasteiger partial charge < -0.3 is 15.8 Å². The van der Waals surface area contributed by atoms with E-state index in [1.807, 2.05) is 0 Å². The van der Waals surface area contributed by atoms with Crippen LogP contribution in [0.4, 0.5) is 0 Å². The monoisotopic (exact) mass is 198 g/mol. The molecule has 2 heterocycles. The summed E-state index contributed by atoms with van der Waals surface area (Å²) in [6.45, 7) is 2.42. The van der Waals surface area contributed by atoms with E-state index in [-0.39, 0.29) is 5.91 Å². The van der Waals surface area contributed by atoms with Gasteiger partial charge in [0.1, 0.15) is 0 Å². The van der Waals surface area contributed by atoms with Crippen LogP contribution in [0.5, 0.6) is 0 Å². The van der Waals surface area contributed by atoms with Gasteiger partial charge in [0, 0.05) is 12.5 Å². The highest BCUT2D eigenvalue weighted by atomic mass is 16.5. The fraction of sp³-hybridized carbons (Fsp3) is 0.900. The number of hydrogen-bond donors (Lipinski definition) is 2. The van der Waals surface area contributed by atoms with Crippen LogP contribution >= 0.6 is 0 Å². The molecule has 80 valence electrons. The molecule has 4 nitrogen and oxygen atoms in total. The van der Waals surface area contributed by atoms with Gasteiger partial charge in [-0.15, -0.1) is 0 Å². The Morgan fingerprint density at radius 1 is 1.64 bits per heavy atom. The number of carbonyl (C=O) groups excluding carboxylic acids is 1. The fourth-order valence-corrected chi connectivity index (χ4v) is 2.35. The van der Waals surface area contributed by atoms with E-state index in [1.54, 1.807) is 6.92 Å². The van der Waals surface area contributed by atoms with E-state index in [2.05, 4.69) is 5.32 Å². The zero-order valence-electron chi connectivity index (χ0n) is 8.53. The van der Waals surface area contributed by atoms with Crippen molar-refractivity contribution < 1.29 is 9.53 Å². The zero-order valence-corrected chi connectivity index (χ0v) is 8.53. The number of rotatable bonds is 3. The number of nitrogens with two attached hydrogens (primary N) is 1. The number of ether oxygens (including phenoxy) is 1. The molecule has 2 aliphatic heterocycles. The Balaban J connectivity index is 1.74. The molecule has 0 saturated carbocycles. The van der Waals surface area contributed by atoms with E-state index >= 15 is 0 Å². The van der Waals surface area contributed by atoms with E-state index in [0.29, 0.717) is 18.1 Å². The molecular weight excluding hydrogens is 180 g/mol. The summed E-state index contributed by atoms with van der Waals surface area (Å²) in [6.07, 6.45) is 4.29. The normalized spacial score (nSPS) is 37.1. The minimum Gasteiger partial charge on any atom is -0.375 e. The Bertz CT molecular complexity index is 230. The average Bonchev–Trinajstić information content (AvgIpc) is 2.74. The largest absolute Gasteiger partial charge is 0.375 e. The van der Waals surface area contributed by atoms with Crippen LogP contribution in [-0.4, -0.2) is 30.7 Å². The van der Waals surface area contributed by atoms with Crippen molar-refractivity contribution in [1.29, 1.82) is 0 Å². The van der Waals surface area contributed by atoms with Crippen LogP contribution in [0.15, 0.2) is 0 Å². The number of amides is 1. The summed E-state index contributed by atoms with van der Waals surface area (Å²) in [7, 11) is 0. The molecule has 14 heavy (non-hydrogen) atoms. The summed E-state index contributed by atoms with van der Waals surface area (Å²) in [5.74, 6) is 0.448. The van der Waals surface area contributed by atoms with Crippen molar-refractivity contribution in [2.45, 2.75) is 44.4 Å². The molecule has 0 aromatic carbocycles. The van der Waals surface area contributed by atoms with Crippen LogP contribution in [0.1, 0.15) is 26.2 Å². The molecule has 2 fully saturated rings. The molecule has 0 unspecified atom stereocenters. The smallest absolute Gasteiger partial charge is 0.236 e. The molecule has 0 aliphatic carbocycles. The van der Waals surface area contributed by atoms with E-state index in [1.165, 1.54) is 6.42 Å². The Kier molecular flexibility index (Phi) is 2.74. The molecule has 4 atom stereocenters. The highest BCUT2D eigenvalue weighted by Gasteiger charge is 2.40. The summed E-state index contributed by atoms with van der Waals surface area (Å²) in [6, 6.07) is -0.408. The predicted octanol–water partition coefficient (Wildman–Crippen LogP) is 0.0173. The molecule has 0 aromatic rings. The van der Waals surface area contributed by atoms with Gasteiger partial charge in [-0.25, -0.2) is 0 Å². The number of nitrogens with one attached hydrogen (secondary N) is 1. The average molecular weight is 198 g/mol. The quantitative estimate of drug-likeness (QED) is 0.672. The van der Waals surface area contributed by atoms with Crippen molar-refractivity contribution >= 4 is 5.91 Å². The molecule has 0 spiro atoms. The SMILES string of the molecule is C[C@@H](N)C(=O)NC[C@H]1C[C@H]2CC[C@@H]1O2. The standard InChI is InChI=1S/C10H18N2O2/c1-6(11)10(13)12-5-7-4-8-2-3-9(7)14-8/h6-9H,2-5,11H2,1H3,(H,12,13)/t6-,7-,8-,9+/m1/s1. The number of carbonyl (C=O) groups is 1. The minimum atomic E-state index is -0.408. The maximum absolute atomic E-state index is 11.2. The van der Waals surface area contributed by atoms with Gasteiger partial charge in [0.25, 0.3) is 0 Å². The predicted molar refractivity (Wildman–Crippen MR) is 52.7 cm³/mol. The van der Waals surface area contributed by atoms with Gasteiger partial charge in [-0.05, 0) is 26.2 Å². The number of hydrogen-bond acceptors (Lipinski definition) is 3. The van der Waals surface area contributed by atoms with Crippen molar-refractivity contribution in [3.05, 3.63) is 0 Å². The van der Waals surface area contributed by atoms with Crippen LogP contribution < -0.4 is 11.1 Å².